The smallest absolute Gasteiger partial charge is 1.00 e. The number of allylic oxidation sites excluding steroid dienone is 2. The molecule has 0 bridgehead atoms. The van der Waals surface area contributed by atoms with Gasteiger partial charge in [0.2, 0.25) is 0 Å². The van der Waals surface area contributed by atoms with E-state index in [1.54, 1.807) is 11.1 Å². The van der Waals surface area contributed by atoms with Gasteiger partial charge in [-0.25, -0.2) is 0 Å². The van der Waals surface area contributed by atoms with Crippen LogP contribution >= 0.6 is 0 Å². The quantitative estimate of drug-likeness (QED) is 0.389. The van der Waals surface area contributed by atoms with Crippen LogP contribution in [0, 0.1) is 0 Å². The van der Waals surface area contributed by atoms with Gasteiger partial charge < -0.3 is 24.8 Å². The molecule has 0 radical (unpaired) electrons. The molecule has 5 rings (SSSR count). The number of fused-ring (bicyclic) bond motifs is 2. The van der Waals surface area contributed by atoms with Gasteiger partial charge in [0.25, 0.3) is 0 Å². The predicted octanol–water partition coefficient (Wildman–Crippen LogP) is -0.600. The maximum absolute atomic E-state index is 2.46. The van der Waals surface area contributed by atoms with Crippen molar-refractivity contribution in [3.05, 3.63) is 101 Å². The molecule has 0 fully saturated rings. The summed E-state index contributed by atoms with van der Waals surface area (Å²) < 4.78 is 3.65. The van der Waals surface area contributed by atoms with Crippen molar-refractivity contribution in [2.45, 2.75) is 7.35 Å². The first-order chi connectivity index (χ1) is 11.9. The van der Waals surface area contributed by atoms with Crippen molar-refractivity contribution in [3.63, 3.8) is 0 Å². The van der Waals surface area contributed by atoms with Gasteiger partial charge >= 0.3 is 154 Å². The van der Waals surface area contributed by atoms with Gasteiger partial charge in [-0.15, -0.1) is 0 Å². The number of nitrogens with zero attached hydrogens (tertiary/aromatic N) is 1. The number of rotatable bonds is 3. The third-order valence-corrected chi connectivity index (χ3v) is 11.4. The number of benzene rings is 2. The van der Waals surface area contributed by atoms with Crippen molar-refractivity contribution in [3.8, 4) is 0 Å². The number of aromatic nitrogens is 1. The number of hydrogen-bond donors (Lipinski definition) is 0. The van der Waals surface area contributed by atoms with E-state index in [9.17, 15) is 0 Å². The molecule has 3 aromatic rings. The average molecular weight is 545 g/mol. The molecule has 0 N–H and O–H groups in total. The van der Waals surface area contributed by atoms with E-state index in [0.29, 0.717) is 7.35 Å². The molecular formula is C22H17Cl2HfN. The van der Waals surface area contributed by atoms with Gasteiger partial charge in [0.05, 0.1) is 0 Å². The van der Waals surface area contributed by atoms with Crippen molar-refractivity contribution in [1.29, 1.82) is 0 Å². The molecule has 1 heterocycles. The summed E-state index contributed by atoms with van der Waals surface area (Å²) >= 11 is -1.01. The standard InChI is InChI=1S/C13H10N.C9H7.2ClH.Hf/c1-2-6-12-10-13(9-11(12)5-1)14-7-3-4-8-14;1-2-5-9-7-3-6-8(9)4-1;;;/h1-10H;1-7H;2*1H;/q;;;;+2/p-2. The summed E-state index contributed by atoms with van der Waals surface area (Å²) in [6, 6.07) is 22.1. The molecule has 0 spiro atoms. The van der Waals surface area contributed by atoms with E-state index in [0.717, 1.165) is 0 Å². The zero-order valence-electron chi connectivity index (χ0n) is 14.0. The number of hydrogen-bond acceptors (Lipinski definition) is 0. The Kier molecular flexibility index (Phi) is 6.06. The van der Waals surface area contributed by atoms with E-state index >= 15 is 0 Å². The maximum Gasteiger partial charge on any atom is -1.00 e. The molecule has 0 saturated heterocycles. The third kappa shape index (κ3) is 3.31. The van der Waals surface area contributed by atoms with Crippen molar-refractivity contribution < 1.29 is 47.7 Å². The van der Waals surface area contributed by atoms with E-state index in [1.165, 1.54) is 16.8 Å². The van der Waals surface area contributed by atoms with Crippen LogP contribution in [0.3, 0.4) is 0 Å². The van der Waals surface area contributed by atoms with Crippen molar-refractivity contribution in [2.75, 3.05) is 0 Å². The molecule has 128 valence electrons. The van der Waals surface area contributed by atoms with Crippen LogP contribution in [-0.2, 0) is 22.9 Å². The molecule has 0 aliphatic heterocycles. The molecule has 4 heteroatoms. The second-order valence-corrected chi connectivity index (χ2v) is 11.9. The average Bonchev–Trinajstić information content (AvgIpc) is 3.34. The van der Waals surface area contributed by atoms with Crippen molar-refractivity contribution >= 4 is 17.8 Å². The van der Waals surface area contributed by atoms with Crippen LogP contribution in [0.15, 0.2) is 79.1 Å². The minimum atomic E-state index is -1.01. The van der Waals surface area contributed by atoms with Crippen molar-refractivity contribution in [2.24, 2.45) is 0 Å². The van der Waals surface area contributed by atoms with E-state index in [1.807, 2.05) is 0 Å². The third-order valence-electron chi connectivity index (χ3n) is 4.95. The van der Waals surface area contributed by atoms with Gasteiger partial charge in [0.1, 0.15) is 0 Å². The van der Waals surface area contributed by atoms with Crippen LogP contribution in [0.5, 0.6) is 0 Å². The summed E-state index contributed by atoms with van der Waals surface area (Å²) in [7, 11) is 0. The molecule has 2 aromatic carbocycles. The molecule has 1 aromatic heterocycles. The largest absolute Gasteiger partial charge is 1.00 e. The second kappa shape index (κ2) is 8.12. The fourth-order valence-corrected chi connectivity index (χ4v) is 10.4. The Hall–Kier alpha value is -1.35. The molecule has 0 amide bonds. The SMILES string of the molecule is C1=C[CH]([Hf+2][CH]2C(n3cccc3)=Cc3ccccc32)c2ccccc21.[Cl-].[Cl-]. The summed E-state index contributed by atoms with van der Waals surface area (Å²) in [6.45, 7) is 0. The van der Waals surface area contributed by atoms with Crippen LogP contribution in [0.1, 0.15) is 29.6 Å². The molecule has 0 saturated carbocycles. The molecule has 1 nitrogen and oxygen atoms in total. The van der Waals surface area contributed by atoms with Gasteiger partial charge in [-0.2, -0.15) is 0 Å². The molecule has 2 atom stereocenters. The number of halogens is 2. The zero-order chi connectivity index (χ0) is 15.9. The Morgan fingerprint density at radius 2 is 1.38 bits per heavy atom. The van der Waals surface area contributed by atoms with Crippen LogP contribution < -0.4 is 24.8 Å². The second-order valence-electron chi connectivity index (χ2n) is 6.35. The summed E-state index contributed by atoms with van der Waals surface area (Å²) in [5.74, 6) is 0. The van der Waals surface area contributed by atoms with Gasteiger partial charge in [-0.05, 0) is 0 Å². The maximum atomic E-state index is 2.46. The Labute approximate surface area is 178 Å². The molecule has 2 aliphatic carbocycles. The van der Waals surface area contributed by atoms with E-state index in [2.05, 4.69) is 95.9 Å². The first-order valence-corrected chi connectivity index (χ1v) is 12.5. The predicted molar refractivity (Wildman–Crippen MR) is 96.0 cm³/mol. The summed E-state index contributed by atoms with van der Waals surface area (Å²) in [5, 5.41) is 0. The first-order valence-electron chi connectivity index (χ1n) is 8.37. The minimum Gasteiger partial charge on any atom is -1.00 e. The normalized spacial score (nSPS) is 18.8. The molecule has 2 aliphatic rings. The van der Waals surface area contributed by atoms with Crippen LogP contribution in [0.2, 0.25) is 0 Å². The van der Waals surface area contributed by atoms with E-state index in [4.69, 9.17) is 0 Å². The summed E-state index contributed by atoms with van der Waals surface area (Å²) in [4.78, 5) is 0. The minimum absolute atomic E-state index is 0. The Morgan fingerprint density at radius 3 is 2.15 bits per heavy atom. The molecular weight excluding hydrogens is 528 g/mol. The summed E-state index contributed by atoms with van der Waals surface area (Å²) in [6.07, 6.45) is 11.6. The first kappa shape index (κ1) is 19.4. The topological polar surface area (TPSA) is 4.93 Å². The van der Waals surface area contributed by atoms with Gasteiger partial charge in [0.15, 0.2) is 0 Å². The fourth-order valence-electron chi connectivity index (χ4n) is 3.79. The monoisotopic (exact) mass is 545 g/mol. The van der Waals surface area contributed by atoms with Crippen LogP contribution in [0.4, 0.5) is 0 Å². The summed E-state index contributed by atoms with van der Waals surface area (Å²) in [5.41, 5.74) is 7.41. The van der Waals surface area contributed by atoms with Crippen LogP contribution in [0.25, 0.3) is 17.8 Å². The Balaban J connectivity index is 0.000000980. The van der Waals surface area contributed by atoms with Crippen molar-refractivity contribution in [1.82, 2.24) is 4.57 Å². The van der Waals surface area contributed by atoms with Gasteiger partial charge in [-0.1, -0.05) is 0 Å². The van der Waals surface area contributed by atoms with Gasteiger partial charge in [0, 0.05) is 0 Å². The zero-order valence-corrected chi connectivity index (χ0v) is 19.1. The Morgan fingerprint density at radius 1 is 0.731 bits per heavy atom. The van der Waals surface area contributed by atoms with Crippen LogP contribution in [-0.4, -0.2) is 4.57 Å². The molecule has 26 heavy (non-hydrogen) atoms. The Bertz CT molecular complexity index is 960. The fraction of sp³-hybridized carbons (Fsp3) is 0.0909. The van der Waals surface area contributed by atoms with Gasteiger partial charge in [-0.3, -0.25) is 0 Å². The van der Waals surface area contributed by atoms with E-state index < -0.39 is 22.9 Å². The molecule has 2 unspecified atom stereocenters. The van der Waals surface area contributed by atoms with E-state index in [-0.39, 0.29) is 24.8 Å².